The van der Waals surface area contributed by atoms with Crippen molar-refractivity contribution in [1.82, 2.24) is 14.8 Å². The standard InChI is InChI=1S/C24H33N3O2S/c1-16-8-10-20(27(14-16)23(28)29-24(2,3)4)17-9-11-21-19(13-17)25-22(30-21)18-7-6-12-26(5)15-18/h9-11,13,16,18H,6-8,12,14-15H2,1-5H3/t16-,18+/m0/s1. The van der Waals surface area contributed by atoms with Crippen LogP contribution >= 0.6 is 11.3 Å². The van der Waals surface area contributed by atoms with Crippen LogP contribution in [0.15, 0.2) is 24.3 Å². The second-order valence-electron chi connectivity index (χ2n) is 9.86. The third-order valence-electron chi connectivity index (χ3n) is 5.79. The highest BCUT2D eigenvalue weighted by molar-refractivity contribution is 7.18. The molecule has 1 aromatic carbocycles. The van der Waals surface area contributed by atoms with Crippen molar-refractivity contribution in [3.05, 3.63) is 34.8 Å². The minimum absolute atomic E-state index is 0.274. The Morgan fingerprint density at radius 2 is 2.07 bits per heavy atom. The van der Waals surface area contributed by atoms with Gasteiger partial charge in [-0.1, -0.05) is 19.1 Å². The van der Waals surface area contributed by atoms with Crippen LogP contribution in [0.3, 0.4) is 0 Å². The molecule has 2 atom stereocenters. The lowest BCUT2D eigenvalue weighted by molar-refractivity contribution is 0.0327. The van der Waals surface area contributed by atoms with E-state index in [1.54, 1.807) is 4.90 Å². The summed E-state index contributed by atoms with van der Waals surface area (Å²) in [5, 5.41) is 1.24. The quantitative estimate of drug-likeness (QED) is 0.615. The summed E-state index contributed by atoms with van der Waals surface area (Å²) in [4.78, 5) is 22.1. The molecule has 1 fully saturated rings. The number of ether oxygens (including phenoxy) is 1. The summed E-state index contributed by atoms with van der Waals surface area (Å²) >= 11 is 1.81. The predicted molar refractivity (Wildman–Crippen MR) is 124 cm³/mol. The van der Waals surface area contributed by atoms with Crippen molar-refractivity contribution in [2.24, 2.45) is 5.92 Å². The average Bonchev–Trinajstić information content (AvgIpc) is 3.10. The molecule has 0 aliphatic carbocycles. The van der Waals surface area contributed by atoms with Gasteiger partial charge in [-0.25, -0.2) is 9.78 Å². The number of carbonyl (C=O) groups excluding carboxylic acids is 1. The van der Waals surface area contributed by atoms with Crippen molar-refractivity contribution < 1.29 is 9.53 Å². The van der Waals surface area contributed by atoms with Gasteiger partial charge in [0.25, 0.3) is 0 Å². The van der Waals surface area contributed by atoms with Crippen LogP contribution in [-0.2, 0) is 4.74 Å². The van der Waals surface area contributed by atoms with Crippen LogP contribution in [0.25, 0.3) is 15.9 Å². The van der Waals surface area contributed by atoms with Crippen LogP contribution in [0.1, 0.15) is 63.4 Å². The molecule has 162 valence electrons. The maximum atomic E-state index is 12.9. The van der Waals surface area contributed by atoms with Crippen LogP contribution in [-0.4, -0.2) is 53.2 Å². The van der Waals surface area contributed by atoms with Crippen molar-refractivity contribution in [2.45, 2.75) is 58.5 Å². The van der Waals surface area contributed by atoms with E-state index in [0.717, 1.165) is 29.7 Å². The second kappa shape index (κ2) is 8.31. The van der Waals surface area contributed by atoms with Gasteiger partial charge in [-0.15, -0.1) is 11.3 Å². The number of rotatable bonds is 2. The molecular formula is C24H33N3O2S. The molecule has 2 aliphatic rings. The smallest absolute Gasteiger partial charge is 0.414 e. The maximum Gasteiger partial charge on any atom is 0.414 e. The zero-order valence-corrected chi connectivity index (χ0v) is 19.6. The lowest BCUT2D eigenvalue weighted by atomic mass is 9.98. The van der Waals surface area contributed by atoms with Gasteiger partial charge in [-0.2, -0.15) is 0 Å². The highest BCUT2D eigenvalue weighted by atomic mass is 32.1. The van der Waals surface area contributed by atoms with Gasteiger partial charge < -0.3 is 9.64 Å². The van der Waals surface area contributed by atoms with Crippen molar-refractivity contribution >= 4 is 33.3 Å². The molecule has 0 bridgehead atoms. The zero-order valence-electron chi connectivity index (χ0n) is 18.8. The molecule has 1 saturated heterocycles. The van der Waals surface area contributed by atoms with E-state index >= 15 is 0 Å². The Morgan fingerprint density at radius 1 is 1.27 bits per heavy atom. The third-order valence-corrected chi connectivity index (χ3v) is 6.98. The number of thiazole rings is 1. The van der Waals surface area contributed by atoms with E-state index in [4.69, 9.17) is 9.72 Å². The van der Waals surface area contributed by atoms with Crippen molar-refractivity contribution in [1.29, 1.82) is 0 Å². The summed E-state index contributed by atoms with van der Waals surface area (Å²) in [6.07, 6.45) is 5.31. The van der Waals surface area contributed by atoms with E-state index in [-0.39, 0.29) is 6.09 Å². The summed E-state index contributed by atoms with van der Waals surface area (Å²) in [7, 11) is 2.19. The van der Waals surface area contributed by atoms with E-state index in [1.807, 2.05) is 32.1 Å². The topological polar surface area (TPSA) is 45.7 Å². The Morgan fingerprint density at radius 3 is 2.80 bits per heavy atom. The largest absolute Gasteiger partial charge is 0.443 e. The number of likely N-dealkylation sites (N-methyl/N-ethyl adjacent to an activating group) is 1. The number of allylic oxidation sites excluding steroid dienone is 1. The fourth-order valence-electron chi connectivity index (χ4n) is 4.32. The first kappa shape index (κ1) is 21.3. The fraction of sp³-hybridized carbons (Fsp3) is 0.583. The van der Waals surface area contributed by atoms with E-state index in [9.17, 15) is 4.79 Å². The highest BCUT2D eigenvalue weighted by Crippen LogP contribution is 2.35. The molecule has 4 rings (SSSR count). The molecule has 1 aromatic heterocycles. The summed E-state index contributed by atoms with van der Waals surface area (Å²) in [6.45, 7) is 10.8. The van der Waals surface area contributed by atoms with Gasteiger partial charge in [0.05, 0.1) is 20.9 Å². The summed E-state index contributed by atoms with van der Waals surface area (Å²) in [5.41, 5.74) is 2.50. The Kier molecular flexibility index (Phi) is 5.90. The average molecular weight is 428 g/mol. The van der Waals surface area contributed by atoms with E-state index < -0.39 is 5.60 Å². The van der Waals surface area contributed by atoms with Crippen LogP contribution in [0.5, 0.6) is 0 Å². The van der Waals surface area contributed by atoms with Gasteiger partial charge in [-0.05, 0) is 71.7 Å². The number of nitrogens with zero attached hydrogens (tertiary/aromatic N) is 3. The normalized spacial score (nSPS) is 23.5. The molecule has 6 heteroatoms. The Hall–Kier alpha value is -1.92. The van der Waals surface area contributed by atoms with Crippen molar-refractivity contribution in [3.63, 3.8) is 0 Å². The number of hydrogen-bond donors (Lipinski definition) is 0. The van der Waals surface area contributed by atoms with Crippen LogP contribution in [0, 0.1) is 5.92 Å². The van der Waals surface area contributed by atoms with Crippen molar-refractivity contribution in [3.8, 4) is 0 Å². The molecule has 2 aliphatic heterocycles. The SMILES string of the molecule is C[C@H]1CC=C(c2ccc3sc([C@@H]4CCCN(C)C4)nc3c2)N(C(=O)OC(C)(C)C)C1. The molecule has 0 radical (unpaired) electrons. The minimum atomic E-state index is -0.510. The highest BCUT2D eigenvalue weighted by Gasteiger charge is 2.29. The van der Waals surface area contributed by atoms with Crippen molar-refractivity contribution in [2.75, 3.05) is 26.7 Å². The first-order valence-electron chi connectivity index (χ1n) is 11.0. The monoisotopic (exact) mass is 427 g/mol. The molecule has 5 nitrogen and oxygen atoms in total. The van der Waals surface area contributed by atoms with Gasteiger partial charge in [0.1, 0.15) is 5.60 Å². The third kappa shape index (κ3) is 4.70. The summed E-state index contributed by atoms with van der Waals surface area (Å²) < 4.78 is 6.90. The van der Waals surface area contributed by atoms with Gasteiger partial charge >= 0.3 is 6.09 Å². The number of piperidine rings is 1. The number of benzene rings is 1. The molecule has 1 amide bonds. The first-order chi connectivity index (χ1) is 14.2. The number of carbonyl (C=O) groups is 1. The predicted octanol–water partition coefficient (Wildman–Crippen LogP) is 5.72. The van der Waals surface area contributed by atoms with Gasteiger partial charge in [-0.3, -0.25) is 4.90 Å². The second-order valence-corrected chi connectivity index (χ2v) is 10.9. The molecular weight excluding hydrogens is 394 g/mol. The number of fused-ring (bicyclic) bond motifs is 1. The number of hydrogen-bond acceptors (Lipinski definition) is 5. The molecule has 0 unspecified atom stereocenters. The summed E-state index contributed by atoms with van der Waals surface area (Å²) in [5.74, 6) is 0.941. The molecule has 2 aromatic rings. The molecule has 30 heavy (non-hydrogen) atoms. The van der Waals surface area contributed by atoms with Gasteiger partial charge in [0, 0.05) is 24.6 Å². The maximum absolute atomic E-state index is 12.9. The lowest BCUT2D eigenvalue weighted by Gasteiger charge is -2.33. The van der Waals surface area contributed by atoms with Gasteiger partial charge in [0.2, 0.25) is 0 Å². The van der Waals surface area contributed by atoms with Gasteiger partial charge in [0.15, 0.2) is 0 Å². The number of likely N-dealkylation sites (tertiary alicyclic amines) is 1. The fourth-order valence-corrected chi connectivity index (χ4v) is 5.39. The Balaban J connectivity index is 1.63. The van der Waals surface area contributed by atoms with E-state index in [0.29, 0.717) is 18.4 Å². The van der Waals surface area contributed by atoms with Crippen LogP contribution in [0.4, 0.5) is 4.79 Å². The van der Waals surface area contributed by atoms with Crippen LogP contribution in [0.2, 0.25) is 0 Å². The first-order valence-corrected chi connectivity index (χ1v) is 11.8. The number of aromatic nitrogens is 1. The lowest BCUT2D eigenvalue weighted by Crippen LogP contribution is -2.39. The molecule has 0 spiro atoms. The minimum Gasteiger partial charge on any atom is -0.443 e. The summed E-state index contributed by atoms with van der Waals surface area (Å²) in [6, 6.07) is 6.42. The van der Waals surface area contributed by atoms with E-state index in [2.05, 4.69) is 43.1 Å². The molecule has 3 heterocycles. The van der Waals surface area contributed by atoms with Crippen LogP contribution < -0.4 is 0 Å². The molecule has 0 N–H and O–H groups in total. The Bertz CT molecular complexity index is 959. The number of amides is 1. The van der Waals surface area contributed by atoms with E-state index in [1.165, 1.54) is 29.1 Å². The molecule has 0 saturated carbocycles. The zero-order chi connectivity index (χ0) is 21.5. The Labute approximate surface area is 183 Å².